The molecule has 0 aliphatic heterocycles. The molecule has 60 heavy (non-hydrogen) atoms. The molecule has 300 valence electrons. The maximum atomic E-state index is 10.6. The maximum Gasteiger partial charge on any atom is 0.167 e. The average molecular weight is 797 g/mol. The van der Waals surface area contributed by atoms with Gasteiger partial charge in [0.25, 0.3) is 0 Å². The third-order valence-electron chi connectivity index (χ3n) is 10.5. The first-order valence-corrected chi connectivity index (χ1v) is 19.2. The lowest BCUT2D eigenvalue weighted by molar-refractivity contribution is 0.374. The van der Waals surface area contributed by atoms with Gasteiger partial charge in [-0.2, -0.15) is 0 Å². The molecule has 0 atom stereocenters. The molecular weight excluding hydrogens is 753 g/mol. The Morgan fingerprint density at radius 2 is 0.583 bits per heavy atom. The molecule has 0 saturated carbocycles. The second kappa shape index (κ2) is 17.4. The molecule has 0 amide bonds. The summed E-state index contributed by atoms with van der Waals surface area (Å²) in [4.78, 5) is 18.8. The summed E-state index contributed by atoms with van der Waals surface area (Å²) in [5.74, 6) is 1.36. The highest BCUT2D eigenvalue weighted by molar-refractivity contribution is 5.76. The maximum absolute atomic E-state index is 10.6. The molecule has 4 N–H and O–H groups in total. The van der Waals surface area contributed by atoms with Crippen LogP contribution in [0, 0.1) is 27.7 Å². The Balaban J connectivity index is 0.000000181. The van der Waals surface area contributed by atoms with Crippen LogP contribution in [0.5, 0.6) is 34.5 Å². The van der Waals surface area contributed by atoms with Crippen LogP contribution in [-0.2, 0) is 0 Å². The Hall–Kier alpha value is -7.72. The summed E-state index contributed by atoms with van der Waals surface area (Å²) in [5, 5.41) is 42.1. The summed E-state index contributed by atoms with van der Waals surface area (Å²) in [6.07, 6.45) is 0. The number of pyridine rings is 4. The van der Waals surface area contributed by atoms with Crippen molar-refractivity contribution in [1.29, 1.82) is 0 Å². The molecule has 10 heteroatoms. The van der Waals surface area contributed by atoms with E-state index in [4.69, 9.17) is 29.4 Å². The van der Waals surface area contributed by atoms with Gasteiger partial charge in [-0.25, -0.2) is 19.9 Å². The quantitative estimate of drug-likeness (QED) is 0.117. The number of aromatic hydroxyl groups is 4. The molecule has 0 bridgehead atoms. The number of rotatable bonds is 8. The lowest BCUT2D eigenvalue weighted by Gasteiger charge is -2.11. The van der Waals surface area contributed by atoms with Gasteiger partial charge in [-0.1, -0.05) is 48.5 Å². The largest absolute Gasteiger partial charge is 0.507 e. The van der Waals surface area contributed by atoms with Crippen molar-refractivity contribution in [3.8, 4) is 102 Å². The number of benzene rings is 4. The molecule has 10 nitrogen and oxygen atoms in total. The molecule has 0 fully saturated rings. The minimum atomic E-state index is 0.0476. The van der Waals surface area contributed by atoms with E-state index in [0.29, 0.717) is 79.3 Å². The summed E-state index contributed by atoms with van der Waals surface area (Å²) in [7, 11) is 3.03. The Bertz CT molecular complexity index is 2660. The zero-order chi connectivity index (χ0) is 42.5. The third-order valence-corrected chi connectivity index (χ3v) is 10.5. The molecule has 0 saturated heterocycles. The van der Waals surface area contributed by atoms with E-state index in [0.717, 1.165) is 22.3 Å². The molecular formula is C50H44N4O6. The molecule has 8 rings (SSSR count). The van der Waals surface area contributed by atoms with Crippen LogP contribution in [0.1, 0.15) is 22.3 Å². The van der Waals surface area contributed by atoms with Crippen molar-refractivity contribution in [3.05, 3.63) is 156 Å². The number of ether oxygens (including phenoxy) is 2. The molecule has 4 heterocycles. The smallest absolute Gasteiger partial charge is 0.167 e. The molecule has 0 spiro atoms. The Morgan fingerprint density at radius 3 is 0.883 bits per heavy atom. The highest BCUT2D eigenvalue weighted by Gasteiger charge is 2.16. The fraction of sp³-hybridized carbons (Fsp3) is 0.120. The summed E-state index contributed by atoms with van der Waals surface area (Å²) in [6.45, 7) is 7.71. The number of aryl methyl sites for hydroxylation is 2. The van der Waals surface area contributed by atoms with Crippen molar-refractivity contribution in [2.24, 2.45) is 0 Å². The van der Waals surface area contributed by atoms with Gasteiger partial charge < -0.3 is 29.9 Å². The van der Waals surface area contributed by atoms with E-state index in [2.05, 4.69) is 0 Å². The van der Waals surface area contributed by atoms with Gasteiger partial charge in [0.05, 0.1) is 59.8 Å². The van der Waals surface area contributed by atoms with E-state index in [9.17, 15) is 20.4 Å². The van der Waals surface area contributed by atoms with Crippen molar-refractivity contribution in [2.75, 3.05) is 14.2 Å². The zero-order valence-electron chi connectivity index (χ0n) is 34.1. The Morgan fingerprint density at radius 1 is 0.317 bits per heavy atom. The van der Waals surface area contributed by atoms with Crippen molar-refractivity contribution >= 4 is 0 Å². The minimum absolute atomic E-state index is 0.0476. The van der Waals surface area contributed by atoms with Crippen LogP contribution in [0.4, 0.5) is 0 Å². The van der Waals surface area contributed by atoms with Gasteiger partial charge in [0.1, 0.15) is 11.5 Å². The topological polar surface area (TPSA) is 151 Å². The van der Waals surface area contributed by atoms with Gasteiger partial charge in [-0.15, -0.1) is 0 Å². The van der Waals surface area contributed by atoms with Gasteiger partial charge >= 0.3 is 0 Å². The Labute approximate surface area is 348 Å². The van der Waals surface area contributed by atoms with E-state index in [1.54, 1.807) is 24.3 Å². The first-order valence-electron chi connectivity index (χ1n) is 19.2. The number of hydrogen-bond acceptors (Lipinski definition) is 10. The molecule has 0 unspecified atom stereocenters. The van der Waals surface area contributed by atoms with E-state index in [1.807, 2.05) is 137 Å². The molecule has 0 aliphatic carbocycles. The van der Waals surface area contributed by atoms with Crippen LogP contribution in [0.25, 0.3) is 67.8 Å². The number of nitrogens with zero attached hydrogens (tertiary/aromatic N) is 4. The standard InChI is InChI=1S/2C25H22N2O3/c2*1-15-13-14-18(24(28)16(15)2)20-9-6-11-22(27-20)21-10-5-8-19(26-21)17-7-4-12-23(30-3)25(17)29/h2*4-14,28-29H,1-3H3. The summed E-state index contributed by atoms with van der Waals surface area (Å²) < 4.78 is 10.4. The highest BCUT2D eigenvalue weighted by atomic mass is 16.5. The SMILES string of the molecule is COc1cccc(-c2cccc(-c3cccc(-c4ccc(C)c(C)c4O)n3)n2)c1O.COc1cccc(-c2cccc(-c3cccc(-c4ccc(C)c(C)c4O)n3)n2)c1O. The number of aromatic nitrogens is 4. The predicted octanol–water partition coefficient (Wildman–Crippen LogP) is 11.0. The number of phenols is 4. The van der Waals surface area contributed by atoms with Crippen LogP contribution in [0.2, 0.25) is 0 Å². The lowest BCUT2D eigenvalue weighted by Crippen LogP contribution is -1.94. The minimum Gasteiger partial charge on any atom is -0.507 e. The van der Waals surface area contributed by atoms with Gasteiger partial charge in [-0.05, 0) is 135 Å². The first kappa shape index (κ1) is 40.5. The van der Waals surface area contributed by atoms with Crippen LogP contribution in [0.3, 0.4) is 0 Å². The number of phenolic OH excluding ortho intramolecular Hbond substituents is 4. The summed E-state index contributed by atoms with van der Waals surface area (Å²) in [6, 6.07) is 40.7. The number of hydrogen-bond donors (Lipinski definition) is 4. The average Bonchev–Trinajstić information content (AvgIpc) is 3.28. The second-order valence-electron chi connectivity index (χ2n) is 14.2. The van der Waals surface area contributed by atoms with Crippen LogP contribution in [-0.4, -0.2) is 54.6 Å². The first-order chi connectivity index (χ1) is 29.0. The molecule has 4 aromatic carbocycles. The summed E-state index contributed by atoms with van der Waals surface area (Å²) >= 11 is 0. The monoisotopic (exact) mass is 796 g/mol. The lowest BCUT2D eigenvalue weighted by atomic mass is 10.0. The fourth-order valence-electron chi connectivity index (χ4n) is 6.71. The molecule has 0 radical (unpaired) electrons. The normalized spacial score (nSPS) is 10.8. The Kier molecular flexibility index (Phi) is 11.7. The van der Waals surface area contributed by atoms with Crippen LogP contribution >= 0.6 is 0 Å². The van der Waals surface area contributed by atoms with Gasteiger partial charge in [0, 0.05) is 22.3 Å². The predicted molar refractivity (Wildman–Crippen MR) is 235 cm³/mol. The van der Waals surface area contributed by atoms with Gasteiger partial charge in [-0.3, -0.25) is 0 Å². The van der Waals surface area contributed by atoms with Crippen molar-refractivity contribution in [3.63, 3.8) is 0 Å². The molecule has 0 aliphatic rings. The van der Waals surface area contributed by atoms with E-state index in [-0.39, 0.29) is 23.0 Å². The third kappa shape index (κ3) is 8.17. The van der Waals surface area contributed by atoms with Gasteiger partial charge in [0.2, 0.25) is 0 Å². The fourth-order valence-corrected chi connectivity index (χ4v) is 6.71. The zero-order valence-corrected chi connectivity index (χ0v) is 34.1. The summed E-state index contributed by atoms with van der Waals surface area (Å²) in [5.41, 5.74) is 11.5. The van der Waals surface area contributed by atoms with E-state index >= 15 is 0 Å². The molecule has 4 aromatic heterocycles. The van der Waals surface area contributed by atoms with E-state index in [1.165, 1.54) is 14.2 Å². The van der Waals surface area contributed by atoms with E-state index < -0.39 is 0 Å². The van der Waals surface area contributed by atoms with Crippen molar-refractivity contribution in [1.82, 2.24) is 19.9 Å². The van der Waals surface area contributed by atoms with Gasteiger partial charge in [0.15, 0.2) is 23.0 Å². The van der Waals surface area contributed by atoms with Crippen molar-refractivity contribution in [2.45, 2.75) is 27.7 Å². The highest BCUT2D eigenvalue weighted by Crippen LogP contribution is 2.39. The van der Waals surface area contributed by atoms with Crippen molar-refractivity contribution < 1.29 is 29.9 Å². The second-order valence-corrected chi connectivity index (χ2v) is 14.2. The molecule has 8 aromatic rings. The number of para-hydroxylation sites is 2. The number of methoxy groups -OCH3 is 2. The van der Waals surface area contributed by atoms with Crippen LogP contribution in [0.15, 0.2) is 133 Å². The van der Waals surface area contributed by atoms with Crippen LogP contribution < -0.4 is 9.47 Å².